The summed E-state index contributed by atoms with van der Waals surface area (Å²) in [5, 5.41) is 0. The molecule has 0 radical (unpaired) electrons. The van der Waals surface area contributed by atoms with Crippen molar-refractivity contribution in [3.63, 3.8) is 0 Å². The van der Waals surface area contributed by atoms with Gasteiger partial charge in [-0.1, -0.05) is 20.8 Å². The van der Waals surface area contributed by atoms with E-state index in [9.17, 15) is 0 Å². The maximum Gasteiger partial charge on any atom is 0.135 e. The first-order valence-corrected chi connectivity index (χ1v) is 5.82. The number of hydrogen-bond donors (Lipinski definition) is 1. The fourth-order valence-electron chi connectivity index (χ4n) is 1.02. The summed E-state index contributed by atoms with van der Waals surface area (Å²) in [4.78, 5) is 4.37. The van der Waals surface area contributed by atoms with Crippen LogP contribution >= 0.6 is 15.9 Å². The summed E-state index contributed by atoms with van der Waals surface area (Å²) in [5.41, 5.74) is 6.58. The predicted octanol–water partition coefficient (Wildman–Crippen LogP) is 3.49. The largest absolute Gasteiger partial charge is 0.495 e. The van der Waals surface area contributed by atoms with E-state index >= 15 is 0 Å². The van der Waals surface area contributed by atoms with E-state index in [4.69, 9.17) is 10.5 Å². The smallest absolute Gasteiger partial charge is 0.135 e. The van der Waals surface area contributed by atoms with E-state index in [2.05, 4.69) is 20.9 Å². The average molecular weight is 285 g/mol. The molecule has 1 aromatic rings. The minimum Gasteiger partial charge on any atom is -0.495 e. The lowest BCUT2D eigenvalue weighted by Gasteiger charge is -2.17. The second-order valence-corrected chi connectivity index (χ2v) is 5.42. The molecule has 0 bridgehead atoms. The molecule has 88 valence electrons. The molecule has 0 spiro atoms. The Morgan fingerprint density at radius 1 is 1.38 bits per heavy atom. The summed E-state index contributed by atoms with van der Waals surface area (Å²) in [6.07, 6.45) is 0. The number of hydrogen-bond acceptors (Lipinski definition) is 2. The molecule has 2 N–H and O–H groups in total. The maximum atomic E-state index is 5.91. The van der Waals surface area contributed by atoms with Crippen molar-refractivity contribution in [1.29, 1.82) is 0 Å². The highest BCUT2D eigenvalue weighted by Gasteiger charge is 2.15. The van der Waals surface area contributed by atoms with Crippen molar-refractivity contribution in [1.82, 2.24) is 0 Å². The first-order valence-electron chi connectivity index (χ1n) is 5.03. The normalized spacial score (nSPS) is 12.7. The molecule has 0 unspecified atom stereocenters. The number of ether oxygens (including phenoxy) is 1. The Morgan fingerprint density at radius 3 is 2.50 bits per heavy atom. The predicted molar refractivity (Wildman–Crippen MR) is 71.4 cm³/mol. The molecule has 1 rings (SSSR count). The third kappa shape index (κ3) is 3.23. The van der Waals surface area contributed by atoms with Crippen LogP contribution in [0.15, 0.2) is 27.7 Å². The van der Waals surface area contributed by atoms with E-state index < -0.39 is 0 Å². The first kappa shape index (κ1) is 13.0. The molecule has 1 aromatic carbocycles. The van der Waals surface area contributed by atoms with Crippen LogP contribution in [0.5, 0.6) is 5.75 Å². The van der Waals surface area contributed by atoms with Crippen LogP contribution in [0, 0.1) is 5.41 Å². The van der Waals surface area contributed by atoms with E-state index in [0.29, 0.717) is 5.84 Å². The van der Waals surface area contributed by atoms with Crippen molar-refractivity contribution in [3.8, 4) is 5.75 Å². The summed E-state index contributed by atoms with van der Waals surface area (Å²) < 4.78 is 6.10. The Kier molecular flexibility index (Phi) is 3.97. The average Bonchev–Trinajstić information content (AvgIpc) is 2.19. The van der Waals surface area contributed by atoms with Crippen LogP contribution < -0.4 is 10.5 Å². The van der Waals surface area contributed by atoms with Gasteiger partial charge in [0.2, 0.25) is 0 Å². The highest BCUT2D eigenvalue weighted by atomic mass is 79.9. The highest BCUT2D eigenvalue weighted by Crippen LogP contribution is 2.29. The van der Waals surface area contributed by atoms with Gasteiger partial charge in [-0.05, 0) is 28.1 Å². The van der Waals surface area contributed by atoms with Gasteiger partial charge in [0.15, 0.2) is 0 Å². The lowest BCUT2D eigenvalue weighted by Crippen LogP contribution is -2.28. The van der Waals surface area contributed by atoms with Gasteiger partial charge in [0.25, 0.3) is 0 Å². The molecule has 0 aliphatic heterocycles. The van der Waals surface area contributed by atoms with Gasteiger partial charge < -0.3 is 10.5 Å². The molecule has 0 fully saturated rings. The maximum absolute atomic E-state index is 5.91. The summed E-state index contributed by atoms with van der Waals surface area (Å²) >= 11 is 3.39. The Balaban J connectivity index is 3.07. The Hall–Kier alpha value is -1.03. The van der Waals surface area contributed by atoms with Gasteiger partial charge in [-0.2, -0.15) is 0 Å². The van der Waals surface area contributed by atoms with E-state index in [1.165, 1.54) is 0 Å². The molecule has 0 aromatic heterocycles. The summed E-state index contributed by atoms with van der Waals surface area (Å²) in [5.74, 6) is 1.36. The Labute approximate surface area is 105 Å². The van der Waals surface area contributed by atoms with Crippen LogP contribution in [-0.4, -0.2) is 12.9 Å². The second-order valence-electron chi connectivity index (χ2n) is 4.57. The zero-order valence-electron chi connectivity index (χ0n) is 10.0. The minimum absolute atomic E-state index is 0.125. The number of methoxy groups -OCH3 is 1. The van der Waals surface area contributed by atoms with Crippen LogP contribution in [0.25, 0.3) is 0 Å². The molecule has 0 saturated carbocycles. The zero-order valence-corrected chi connectivity index (χ0v) is 11.6. The van der Waals surface area contributed by atoms with Crippen molar-refractivity contribution >= 4 is 27.5 Å². The number of nitrogens with zero attached hydrogens (tertiary/aromatic N) is 1. The van der Waals surface area contributed by atoms with Crippen LogP contribution in [0.4, 0.5) is 5.69 Å². The summed E-state index contributed by atoms with van der Waals surface area (Å²) in [7, 11) is 1.63. The van der Waals surface area contributed by atoms with Gasteiger partial charge in [0.1, 0.15) is 11.6 Å². The monoisotopic (exact) mass is 284 g/mol. The van der Waals surface area contributed by atoms with Gasteiger partial charge in [-0.25, -0.2) is 4.99 Å². The van der Waals surface area contributed by atoms with Crippen LogP contribution in [0.3, 0.4) is 0 Å². The fourth-order valence-corrected chi connectivity index (χ4v) is 1.43. The Bertz CT molecular complexity index is 408. The topological polar surface area (TPSA) is 47.6 Å². The van der Waals surface area contributed by atoms with Crippen LogP contribution in [0.1, 0.15) is 20.8 Å². The number of aliphatic imine (C=N–C) groups is 1. The van der Waals surface area contributed by atoms with Crippen LogP contribution in [0.2, 0.25) is 0 Å². The van der Waals surface area contributed by atoms with E-state index in [1.54, 1.807) is 7.11 Å². The number of rotatable bonds is 2. The molecule has 3 nitrogen and oxygen atoms in total. The minimum atomic E-state index is -0.125. The number of benzene rings is 1. The third-order valence-corrected chi connectivity index (χ3v) is 2.81. The SMILES string of the molecule is COc1cc(N=C(N)C(C)(C)C)ccc1Br. The molecule has 0 aliphatic rings. The van der Waals surface area contributed by atoms with Gasteiger partial charge >= 0.3 is 0 Å². The van der Waals surface area contributed by atoms with Crippen molar-refractivity contribution < 1.29 is 4.74 Å². The molecular formula is C12H17BrN2O. The van der Waals surface area contributed by atoms with E-state index in [-0.39, 0.29) is 5.41 Å². The molecule has 0 saturated heterocycles. The molecular weight excluding hydrogens is 268 g/mol. The number of amidine groups is 1. The second kappa shape index (κ2) is 4.87. The number of nitrogens with two attached hydrogens (primary N) is 1. The van der Waals surface area contributed by atoms with Crippen LogP contribution in [-0.2, 0) is 0 Å². The zero-order chi connectivity index (χ0) is 12.3. The van der Waals surface area contributed by atoms with Crippen molar-refractivity contribution in [2.24, 2.45) is 16.1 Å². The lowest BCUT2D eigenvalue weighted by molar-refractivity contribution is 0.412. The van der Waals surface area contributed by atoms with E-state index in [1.807, 2.05) is 39.0 Å². The quantitative estimate of drug-likeness (QED) is 0.668. The van der Waals surface area contributed by atoms with Gasteiger partial charge in [0.05, 0.1) is 17.3 Å². The summed E-state index contributed by atoms with van der Waals surface area (Å²) in [6.45, 7) is 6.09. The molecule has 0 amide bonds. The Morgan fingerprint density at radius 2 is 2.00 bits per heavy atom. The fraction of sp³-hybridized carbons (Fsp3) is 0.417. The summed E-state index contributed by atoms with van der Waals surface area (Å²) in [6, 6.07) is 5.64. The molecule has 0 heterocycles. The standard InChI is InChI=1S/C12H17BrN2O/c1-12(2,3)11(14)15-8-5-6-9(13)10(7-8)16-4/h5-7H,1-4H3,(H2,14,15). The third-order valence-electron chi connectivity index (χ3n) is 2.15. The number of halogens is 1. The van der Waals surface area contributed by atoms with E-state index in [0.717, 1.165) is 15.9 Å². The molecule has 0 atom stereocenters. The molecule has 4 heteroatoms. The van der Waals surface area contributed by atoms with Gasteiger partial charge in [0, 0.05) is 11.5 Å². The molecule has 16 heavy (non-hydrogen) atoms. The van der Waals surface area contributed by atoms with Crippen molar-refractivity contribution in [2.45, 2.75) is 20.8 Å². The van der Waals surface area contributed by atoms with Gasteiger partial charge in [-0.15, -0.1) is 0 Å². The molecule has 0 aliphatic carbocycles. The van der Waals surface area contributed by atoms with Crippen molar-refractivity contribution in [2.75, 3.05) is 7.11 Å². The first-order chi connectivity index (χ1) is 7.34. The highest BCUT2D eigenvalue weighted by molar-refractivity contribution is 9.10. The van der Waals surface area contributed by atoms with Crippen molar-refractivity contribution in [3.05, 3.63) is 22.7 Å². The van der Waals surface area contributed by atoms with Gasteiger partial charge in [-0.3, -0.25) is 0 Å². The lowest BCUT2D eigenvalue weighted by atomic mass is 9.95.